The van der Waals surface area contributed by atoms with E-state index in [4.69, 9.17) is 9.26 Å². The van der Waals surface area contributed by atoms with E-state index in [1.807, 2.05) is 25.5 Å². The zero-order valence-corrected chi connectivity index (χ0v) is 16.3. The summed E-state index contributed by atoms with van der Waals surface area (Å²) in [5, 5.41) is 11.1. The first-order valence-electron chi connectivity index (χ1n) is 9.08. The van der Waals surface area contributed by atoms with Crippen molar-refractivity contribution in [3.63, 3.8) is 0 Å². The monoisotopic (exact) mass is 386 g/mol. The van der Waals surface area contributed by atoms with Crippen LogP contribution in [0.25, 0.3) is 0 Å². The predicted molar refractivity (Wildman–Crippen MR) is 100 cm³/mol. The molecule has 0 aliphatic carbocycles. The number of rotatable bonds is 7. The Morgan fingerprint density at radius 2 is 2.11 bits per heavy atom. The molecule has 8 heteroatoms. The predicted octanol–water partition coefficient (Wildman–Crippen LogP) is 3.72. The molecule has 0 bridgehead atoms. The molecule has 1 atom stereocenters. The van der Waals surface area contributed by atoms with Gasteiger partial charge in [0.25, 0.3) is 5.91 Å². The fourth-order valence-corrected chi connectivity index (χ4v) is 3.00. The van der Waals surface area contributed by atoms with E-state index in [2.05, 4.69) is 15.6 Å². The maximum absolute atomic E-state index is 13.8. The van der Waals surface area contributed by atoms with Gasteiger partial charge in [0.2, 0.25) is 0 Å². The van der Waals surface area contributed by atoms with E-state index < -0.39 is 5.82 Å². The average molecular weight is 386 g/mol. The summed E-state index contributed by atoms with van der Waals surface area (Å²) in [6.07, 6.45) is 1.75. The molecule has 0 saturated heterocycles. The molecule has 2 aromatic heterocycles. The molecule has 0 saturated carbocycles. The van der Waals surface area contributed by atoms with Crippen LogP contribution in [0.15, 0.2) is 35.0 Å². The van der Waals surface area contributed by atoms with Gasteiger partial charge in [0, 0.05) is 17.8 Å². The topological polar surface area (TPSA) is 82.2 Å². The molecule has 0 aliphatic heterocycles. The number of halogens is 1. The van der Waals surface area contributed by atoms with Crippen molar-refractivity contribution in [1.29, 1.82) is 0 Å². The first-order valence-corrected chi connectivity index (χ1v) is 9.08. The lowest BCUT2D eigenvalue weighted by atomic mass is 10.1. The lowest BCUT2D eigenvalue weighted by molar-refractivity contribution is 0.0928. The summed E-state index contributed by atoms with van der Waals surface area (Å²) >= 11 is 0. The van der Waals surface area contributed by atoms with E-state index in [-0.39, 0.29) is 30.0 Å². The van der Waals surface area contributed by atoms with E-state index in [1.54, 1.807) is 25.3 Å². The highest BCUT2D eigenvalue weighted by atomic mass is 19.1. The minimum absolute atomic E-state index is 0.0276. The van der Waals surface area contributed by atoms with Crippen molar-refractivity contribution in [3.05, 3.63) is 64.6 Å². The fraction of sp³-hybridized carbons (Fsp3) is 0.350. The van der Waals surface area contributed by atoms with E-state index in [9.17, 15) is 9.18 Å². The van der Waals surface area contributed by atoms with Gasteiger partial charge in [-0.05, 0) is 39.8 Å². The molecule has 0 spiro atoms. The Balaban J connectivity index is 1.74. The van der Waals surface area contributed by atoms with Crippen LogP contribution < -0.4 is 10.1 Å². The Hall–Kier alpha value is -3.16. The maximum Gasteiger partial charge on any atom is 0.274 e. The minimum Gasteiger partial charge on any atom is -0.486 e. The van der Waals surface area contributed by atoms with E-state index in [0.717, 1.165) is 17.8 Å². The smallest absolute Gasteiger partial charge is 0.274 e. The second kappa shape index (κ2) is 8.24. The van der Waals surface area contributed by atoms with E-state index >= 15 is 0 Å². The lowest BCUT2D eigenvalue weighted by Gasteiger charge is -2.14. The Kier molecular flexibility index (Phi) is 5.77. The summed E-state index contributed by atoms with van der Waals surface area (Å²) < 4.78 is 26.3. The summed E-state index contributed by atoms with van der Waals surface area (Å²) in [4.78, 5) is 12.7. The fourth-order valence-electron chi connectivity index (χ4n) is 3.00. The molecule has 3 aromatic rings. The van der Waals surface area contributed by atoms with E-state index in [0.29, 0.717) is 11.3 Å². The van der Waals surface area contributed by atoms with Crippen molar-refractivity contribution in [2.45, 2.75) is 46.9 Å². The summed E-state index contributed by atoms with van der Waals surface area (Å²) in [7, 11) is 0. The maximum atomic E-state index is 13.8. The average Bonchev–Trinajstić information content (AvgIpc) is 3.23. The quantitative estimate of drug-likeness (QED) is 0.669. The van der Waals surface area contributed by atoms with Crippen LogP contribution in [0.1, 0.15) is 53.0 Å². The molecule has 7 nitrogen and oxygen atoms in total. The Morgan fingerprint density at radius 1 is 1.36 bits per heavy atom. The molecule has 1 aromatic carbocycles. The van der Waals surface area contributed by atoms with Gasteiger partial charge in [-0.3, -0.25) is 9.48 Å². The number of hydrogen-bond acceptors (Lipinski definition) is 5. The Morgan fingerprint density at radius 3 is 2.79 bits per heavy atom. The number of nitrogens with zero attached hydrogens (tertiary/aromatic N) is 3. The number of aromatic nitrogens is 3. The van der Waals surface area contributed by atoms with Crippen LogP contribution in [-0.2, 0) is 13.2 Å². The number of carbonyl (C=O) groups excluding carboxylic acids is 1. The van der Waals surface area contributed by atoms with Crippen LogP contribution in [0.3, 0.4) is 0 Å². The van der Waals surface area contributed by atoms with Crippen LogP contribution in [0.2, 0.25) is 0 Å². The third kappa shape index (κ3) is 3.90. The number of amides is 1. The number of nitrogens with one attached hydrogen (secondary N) is 1. The highest BCUT2D eigenvalue weighted by molar-refractivity contribution is 5.94. The number of carbonyl (C=O) groups is 1. The van der Waals surface area contributed by atoms with Gasteiger partial charge >= 0.3 is 0 Å². The van der Waals surface area contributed by atoms with Crippen molar-refractivity contribution >= 4 is 5.91 Å². The second-order valence-corrected chi connectivity index (χ2v) is 6.48. The summed E-state index contributed by atoms with van der Waals surface area (Å²) in [6, 6.07) is 5.83. The third-order valence-corrected chi connectivity index (χ3v) is 4.66. The largest absolute Gasteiger partial charge is 0.486 e. The zero-order chi connectivity index (χ0) is 20.3. The van der Waals surface area contributed by atoms with Crippen molar-refractivity contribution in [1.82, 2.24) is 20.3 Å². The summed E-state index contributed by atoms with van der Waals surface area (Å²) in [5.41, 5.74) is 2.53. The summed E-state index contributed by atoms with van der Waals surface area (Å²) in [6.45, 7) is 8.26. The van der Waals surface area contributed by atoms with Gasteiger partial charge in [-0.2, -0.15) is 5.10 Å². The molecule has 1 N–H and O–H groups in total. The van der Waals surface area contributed by atoms with Crippen LogP contribution >= 0.6 is 0 Å². The molecular formula is C20H23FN4O3. The van der Waals surface area contributed by atoms with Crippen LogP contribution in [-0.4, -0.2) is 20.8 Å². The van der Waals surface area contributed by atoms with Gasteiger partial charge < -0.3 is 14.6 Å². The normalized spacial score (nSPS) is 12.0. The highest BCUT2D eigenvalue weighted by Gasteiger charge is 2.23. The van der Waals surface area contributed by atoms with Crippen molar-refractivity contribution in [3.8, 4) is 5.75 Å². The first kappa shape index (κ1) is 19.6. The number of benzene rings is 1. The number of ether oxygens (including phenoxy) is 1. The van der Waals surface area contributed by atoms with Crippen molar-refractivity contribution < 1.29 is 18.4 Å². The molecule has 1 amide bonds. The molecular weight excluding hydrogens is 363 g/mol. The minimum atomic E-state index is -0.473. The van der Waals surface area contributed by atoms with Crippen molar-refractivity contribution in [2.75, 3.05) is 0 Å². The SMILES string of the molecule is CCn1ncc(C(C)NC(=O)c2noc(C)c2COc2ccccc2F)c1C. The van der Waals surface area contributed by atoms with Gasteiger partial charge in [0.05, 0.1) is 17.8 Å². The van der Waals surface area contributed by atoms with Crippen LogP contribution in [0.4, 0.5) is 4.39 Å². The Labute approximate surface area is 162 Å². The first-order chi connectivity index (χ1) is 13.4. The van der Waals surface area contributed by atoms with Crippen LogP contribution in [0, 0.1) is 19.7 Å². The van der Waals surface area contributed by atoms with Crippen LogP contribution in [0.5, 0.6) is 5.75 Å². The van der Waals surface area contributed by atoms with Gasteiger partial charge in [-0.1, -0.05) is 17.3 Å². The third-order valence-electron chi connectivity index (χ3n) is 4.66. The van der Waals surface area contributed by atoms with Gasteiger partial charge in [0.15, 0.2) is 17.3 Å². The molecule has 1 unspecified atom stereocenters. The number of para-hydroxylation sites is 1. The molecule has 2 heterocycles. The molecule has 0 radical (unpaired) electrons. The lowest BCUT2D eigenvalue weighted by Crippen LogP contribution is -2.28. The Bertz CT molecular complexity index is 980. The number of hydrogen-bond donors (Lipinski definition) is 1. The molecule has 0 aliphatic rings. The summed E-state index contributed by atoms with van der Waals surface area (Å²) in [5.74, 6) is -0.311. The molecule has 3 rings (SSSR count). The highest BCUT2D eigenvalue weighted by Crippen LogP contribution is 2.22. The molecule has 28 heavy (non-hydrogen) atoms. The second-order valence-electron chi connectivity index (χ2n) is 6.48. The number of aryl methyl sites for hydroxylation is 2. The van der Waals surface area contributed by atoms with E-state index in [1.165, 1.54) is 12.1 Å². The molecule has 0 fully saturated rings. The van der Waals surface area contributed by atoms with Gasteiger partial charge in [-0.15, -0.1) is 0 Å². The zero-order valence-electron chi connectivity index (χ0n) is 16.3. The standard InChI is InChI=1S/C20H23FN4O3/c1-5-25-13(3)15(10-22-25)12(2)23-20(26)19-16(14(4)28-24-19)11-27-18-9-7-6-8-17(18)21/h6-10,12H,5,11H2,1-4H3,(H,23,26). The van der Waals surface area contributed by atoms with Gasteiger partial charge in [0.1, 0.15) is 12.4 Å². The van der Waals surface area contributed by atoms with Crippen molar-refractivity contribution in [2.24, 2.45) is 0 Å². The van der Waals surface area contributed by atoms with Gasteiger partial charge in [-0.25, -0.2) is 4.39 Å². The molecule has 148 valence electrons.